The lowest BCUT2D eigenvalue weighted by Gasteiger charge is -2.20. The molecule has 3 rings (SSSR count). The highest BCUT2D eigenvalue weighted by atomic mass is 35.5. The molecule has 7 nitrogen and oxygen atoms in total. The highest BCUT2D eigenvalue weighted by Crippen LogP contribution is 2.22. The number of hydrazone groups is 1. The van der Waals surface area contributed by atoms with Gasteiger partial charge in [0.1, 0.15) is 5.76 Å². The lowest BCUT2D eigenvalue weighted by molar-refractivity contribution is -0.121. The van der Waals surface area contributed by atoms with Gasteiger partial charge >= 0.3 is 0 Å². The van der Waals surface area contributed by atoms with Gasteiger partial charge in [0, 0.05) is 5.56 Å². The molecular formula is C20H17Cl2N3O4S. The van der Waals surface area contributed by atoms with Crippen molar-refractivity contribution in [3.63, 3.8) is 0 Å². The van der Waals surface area contributed by atoms with E-state index in [1.54, 1.807) is 48.5 Å². The van der Waals surface area contributed by atoms with E-state index in [2.05, 4.69) is 10.5 Å². The molecule has 1 heterocycles. The van der Waals surface area contributed by atoms with Crippen LogP contribution < -0.4 is 5.43 Å². The number of amides is 1. The molecule has 0 fully saturated rings. The summed E-state index contributed by atoms with van der Waals surface area (Å²) in [5, 5.41) is 4.56. The predicted molar refractivity (Wildman–Crippen MR) is 115 cm³/mol. The molecule has 0 atom stereocenters. The van der Waals surface area contributed by atoms with Gasteiger partial charge in [-0.1, -0.05) is 47.5 Å². The average molecular weight is 466 g/mol. The fourth-order valence-corrected chi connectivity index (χ4v) is 4.42. The van der Waals surface area contributed by atoms with E-state index in [4.69, 9.17) is 27.6 Å². The molecule has 1 N–H and O–H groups in total. The van der Waals surface area contributed by atoms with Crippen molar-refractivity contribution in [3.8, 4) is 0 Å². The molecule has 30 heavy (non-hydrogen) atoms. The molecule has 0 aliphatic heterocycles. The molecule has 10 heteroatoms. The second-order valence-electron chi connectivity index (χ2n) is 6.09. The Bertz CT molecular complexity index is 1110. The summed E-state index contributed by atoms with van der Waals surface area (Å²) in [6.45, 7) is -0.580. The van der Waals surface area contributed by atoms with Gasteiger partial charge in [-0.2, -0.15) is 9.41 Å². The quantitative estimate of drug-likeness (QED) is 0.402. The second kappa shape index (κ2) is 9.90. The van der Waals surface area contributed by atoms with Gasteiger partial charge in [0.05, 0.1) is 40.5 Å². The first-order chi connectivity index (χ1) is 14.4. The Hall–Kier alpha value is -2.65. The fraction of sp³-hybridized carbons (Fsp3) is 0.100. The van der Waals surface area contributed by atoms with E-state index in [0.717, 1.165) is 4.31 Å². The molecular weight excluding hydrogens is 449 g/mol. The Morgan fingerprint density at radius 1 is 1.03 bits per heavy atom. The van der Waals surface area contributed by atoms with Crippen LogP contribution in [-0.4, -0.2) is 31.4 Å². The van der Waals surface area contributed by atoms with Crippen molar-refractivity contribution in [3.05, 3.63) is 88.3 Å². The van der Waals surface area contributed by atoms with Crippen molar-refractivity contribution in [2.75, 3.05) is 6.54 Å². The smallest absolute Gasteiger partial charge is 0.255 e. The van der Waals surface area contributed by atoms with Gasteiger partial charge in [0.25, 0.3) is 5.91 Å². The number of carbonyl (C=O) groups excluding carboxylic acids is 1. The molecule has 0 saturated carbocycles. The monoisotopic (exact) mass is 465 g/mol. The fourth-order valence-electron chi connectivity index (χ4n) is 2.54. The number of halogens is 2. The van der Waals surface area contributed by atoms with Crippen LogP contribution >= 0.6 is 23.2 Å². The molecule has 1 aromatic heterocycles. The number of hydrogen-bond acceptors (Lipinski definition) is 5. The van der Waals surface area contributed by atoms with Gasteiger partial charge in [-0.15, -0.1) is 0 Å². The summed E-state index contributed by atoms with van der Waals surface area (Å²) < 4.78 is 32.3. The minimum Gasteiger partial charge on any atom is -0.468 e. The number of benzene rings is 2. The van der Waals surface area contributed by atoms with Crippen LogP contribution in [-0.2, 0) is 21.4 Å². The minimum atomic E-state index is -3.94. The normalized spacial score (nSPS) is 11.8. The largest absolute Gasteiger partial charge is 0.468 e. The van der Waals surface area contributed by atoms with Crippen molar-refractivity contribution >= 4 is 45.3 Å². The zero-order valence-electron chi connectivity index (χ0n) is 15.5. The summed E-state index contributed by atoms with van der Waals surface area (Å²) in [7, 11) is -3.94. The third-order valence-corrected chi connectivity index (χ3v) is 6.46. The summed E-state index contributed by atoms with van der Waals surface area (Å²) in [6, 6.07) is 16.1. The van der Waals surface area contributed by atoms with Gasteiger partial charge in [0.15, 0.2) is 0 Å². The number of hydrogen-bond donors (Lipinski definition) is 1. The predicted octanol–water partition coefficient (Wildman–Crippen LogP) is 3.93. The molecule has 0 bridgehead atoms. The van der Waals surface area contributed by atoms with Crippen molar-refractivity contribution < 1.29 is 17.6 Å². The molecule has 2 aromatic carbocycles. The van der Waals surface area contributed by atoms with Gasteiger partial charge in [0.2, 0.25) is 10.0 Å². The first-order valence-electron chi connectivity index (χ1n) is 8.71. The van der Waals surface area contributed by atoms with Crippen LogP contribution in [0.3, 0.4) is 0 Å². The van der Waals surface area contributed by atoms with Crippen LogP contribution in [0.4, 0.5) is 0 Å². The molecule has 0 radical (unpaired) electrons. The lowest BCUT2D eigenvalue weighted by atomic mass is 10.2. The van der Waals surface area contributed by atoms with E-state index in [1.807, 2.05) is 0 Å². The summed E-state index contributed by atoms with van der Waals surface area (Å²) in [4.78, 5) is 12.5. The van der Waals surface area contributed by atoms with E-state index >= 15 is 0 Å². The molecule has 156 valence electrons. The van der Waals surface area contributed by atoms with Crippen LogP contribution in [0.25, 0.3) is 0 Å². The molecule has 1 amide bonds. The van der Waals surface area contributed by atoms with Gasteiger partial charge in [-0.25, -0.2) is 13.8 Å². The topological polar surface area (TPSA) is 92.0 Å². The molecule has 0 spiro atoms. The zero-order chi connectivity index (χ0) is 21.6. The van der Waals surface area contributed by atoms with Crippen molar-refractivity contribution in [1.29, 1.82) is 0 Å². The highest BCUT2D eigenvalue weighted by molar-refractivity contribution is 7.89. The SMILES string of the molecule is O=C(CN(Cc1ccco1)S(=O)(=O)c1ccccc1)N/N=C\c1c(Cl)cccc1Cl. The number of rotatable bonds is 8. The van der Waals surface area contributed by atoms with E-state index < -0.39 is 22.5 Å². The molecule has 0 unspecified atom stereocenters. The molecule has 3 aromatic rings. The van der Waals surface area contributed by atoms with Gasteiger partial charge in [-0.05, 0) is 36.4 Å². The van der Waals surface area contributed by atoms with Crippen LogP contribution in [0.1, 0.15) is 11.3 Å². The van der Waals surface area contributed by atoms with Crippen molar-refractivity contribution in [1.82, 2.24) is 9.73 Å². The number of carbonyl (C=O) groups is 1. The Balaban J connectivity index is 1.76. The number of nitrogens with zero attached hydrogens (tertiary/aromatic N) is 2. The maximum Gasteiger partial charge on any atom is 0.255 e. The minimum absolute atomic E-state index is 0.0655. The lowest BCUT2D eigenvalue weighted by Crippen LogP contribution is -2.39. The summed E-state index contributed by atoms with van der Waals surface area (Å²) in [5.74, 6) is -0.242. The first-order valence-corrected chi connectivity index (χ1v) is 10.9. The van der Waals surface area contributed by atoms with Gasteiger partial charge < -0.3 is 4.42 Å². The van der Waals surface area contributed by atoms with Crippen LogP contribution in [0.2, 0.25) is 10.0 Å². The van der Waals surface area contributed by atoms with Crippen LogP contribution in [0.5, 0.6) is 0 Å². The van der Waals surface area contributed by atoms with Crippen LogP contribution in [0.15, 0.2) is 81.3 Å². The molecule has 0 aliphatic rings. The third-order valence-electron chi connectivity index (χ3n) is 4.00. The first kappa shape index (κ1) is 22.0. The molecule has 0 saturated heterocycles. The number of nitrogens with one attached hydrogen (secondary N) is 1. The zero-order valence-corrected chi connectivity index (χ0v) is 17.9. The third kappa shape index (κ3) is 5.48. The van der Waals surface area contributed by atoms with E-state index in [-0.39, 0.29) is 11.4 Å². The number of furan rings is 1. The summed E-state index contributed by atoms with van der Waals surface area (Å²) >= 11 is 12.1. The van der Waals surface area contributed by atoms with Crippen molar-refractivity contribution in [2.24, 2.45) is 5.10 Å². The van der Waals surface area contributed by atoms with Crippen LogP contribution in [0, 0.1) is 0 Å². The Kier molecular flexibility index (Phi) is 7.28. The number of sulfonamides is 1. The highest BCUT2D eigenvalue weighted by Gasteiger charge is 2.27. The maximum atomic E-state index is 13.0. The molecule has 0 aliphatic carbocycles. The Morgan fingerprint density at radius 3 is 2.37 bits per heavy atom. The second-order valence-corrected chi connectivity index (χ2v) is 8.85. The summed E-state index contributed by atoms with van der Waals surface area (Å²) in [5.41, 5.74) is 2.73. The standard InChI is InChI=1S/C20H17Cl2N3O4S/c21-18-9-4-10-19(22)17(18)12-23-24-20(26)14-25(13-15-6-5-11-29-15)30(27,28)16-7-2-1-3-8-16/h1-12H,13-14H2,(H,24,26)/b23-12-. The van der Waals surface area contributed by atoms with Gasteiger partial charge in [-0.3, -0.25) is 4.79 Å². The van der Waals surface area contributed by atoms with E-state index in [0.29, 0.717) is 21.4 Å². The average Bonchev–Trinajstić information content (AvgIpc) is 3.23. The van der Waals surface area contributed by atoms with E-state index in [9.17, 15) is 13.2 Å². The Morgan fingerprint density at radius 2 is 1.73 bits per heavy atom. The van der Waals surface area contributed by atoms with Crippen molar-refractivity contribution in [2.45, 2.75) is 11.4 Å². The Labute approximate surface area is 184 Å². The summed E-state index contributed by atoms with van der Waals surface area (Å²) in [6.07, 6.45) is 2.73. The maximum absolute atomic E-state index is 13.0. The van der Waals surface area contributed by atoms with E-state index in [1.165, 1.54) is 24.6 Å².